The Morgan fingerprint density at radius 3 is 2.62 bits per heavy atom. The molecular weight excluding hydrogens is 174 g/mol. The van der Waals surface area contributed by atoms with Gasteiger partial charge < -0.3 is 15.2 Å². The van der Waals surface area contributed by atoms with Crippen LogP contribution in [-0.2, 0) is 9.53 Å². The molecule has 0 aliphatic carbocycles. The predicted octanol–water partition coefficient (Wildman–Crippen LogP) is -1.88. The number of nitrogens with one attached hydrogen (secondary N) is 1. The van der Waals surface area contributed by atoms with Crippen LogP contribution in [0, 0.1) is 0 Å². The Hall–Kier alpha value is -0.950. The highest BCUT2D eigenvalue weighted by Crippen LogP contribution is 1.72. The van der Waals surface area contributed by atoms with Crippen molar-refractivity contribution in [3.05, 3.63) is 12.7 Å². The van der Waals surface area contributed by atoms with E-state index >= 15 is 0 Å². The van der Waals surface area contributed by atoms with Gasteiger partial charge in [0.1, 0.15) is 0 Å². The number of ether oxygens (including phenoxy) is 1. The van der Waals surface area contributed by atoms with Gasteiger partial charge >= 0.3 is 0 Å². The van der Waals surface area contributed by atoms with Crippen LogP contribution < -0.4 is 17.0 Å². The Bertz CT molecular complexity index is 130. The summed E-state index contributed by atoms with van der Waals surface area (Å²) in [5.41, 5.74) is 0. The molecule has 6 heteroatoms. The molecule has 0 aromatic carbocycles. The molecule has 0 aromatic rings. The van der Waals surface area contributed by atoms with Crippen molar-refractivity contribution in [1.29, 1.82) is 0 Å². The Morgan fingerprint density at radius 2 is 2.15 bits per heavy atom. The number of hydrazine groups is 1. The number of nitrogens with two attached hydrogens (primary N) is 2. The molecule has 0 saturated carbocycles. The number of hydrogen-bond acceptors (Lipinski definition) is 5. The number of carbonyl (C=O) groups excluding carboxylic acids is 1. The van der Waals surface area contributed by atoms with Crippen LogP contribution in [0.2, 0.25) is 0 Å². The molecule has 0 aromatic heterocycles. The van der Waals surface area contributed by atoms with Gasteiger partial charge in [0.2, 0.25) is 5.91 Å². The maximum Gasteiger partial charge on any atom is 0.243 e. The monoisotopic (exact) mass is 191 g/mol. The molecule has 0 atom stereocenters. The fourth-order valence-corrected chi connectivity index (χ4v) is 0.485. The van der Waals surface area contributed by atoms with Crippen molar-refractivity contribution in [3.8, 4) is 0 Å². The molecule has 1 amide bonds. The molecular formula is C7H17N3O3. The van der Waals surface area contributed by atoms with Gasteiger partial charge in [-0.3, -0.25) is 16.5 Å². The number of amides is 1. The lowest BCUT2D eigenvalue weighted by Crippen LogP contribution is -2.25. The molecule has 13 heavy (non-hydrogen) atoms. The van der Waals surface area contributed by atoms with E-state index in [1.165, 1.54) is 6.08 Å². The van der Waals surface area contributed by atoms with Crippen LogP contribution in [0.1, 0.15) is 0 Å². The first-order chi connectivity index (χ1) is 6.31. The summed E-state index contributed by atoms with van der Waals surface area (Å²) in [6, 6.07) is 0. The van der Waals surface area contributed by atoms with Crippen LogP contribution in [0.4, 0.5) is 0 Å². The smallest absolute Gasteiger partial charge is 0.243 e. The second-order valence-corrected chi connectivity index (χ2v) is 1.83. The van der Waals surface area contributed by atoms with E-state index in [1.807, 2.05) is 0 Å². The first-order valence-electron chi connectivity index (χ1n) is 3.73. The lowest BCUT2D eigenvalue weighted by Gasteiger charge is -2.01. The van der Waals surface area contributed by atoms with Crippen LogP contribution >= 0.6 is 0 Å². The molecule has 0 saturated heterocycles. The molecule has 6 N–H and O–H groups in total. The van der Waals surface area contributed by atoms with Gasteiger partial charge in [-0.2, -0.15) is 0 Å². The molecule has 6 nitrogen and oxygen atoms in total. The molecule has 0 heterocycles. The van der Waals surface area contributed by atoms with Gasteiger partial charge in [-0.05, 0) is 6.08 Å². The summed E-state index contributed by atoms with van der Waals surface area (Å²) in [6.07, 6.45) is 1.20. The Morgan fingerprint density at radius 1 is 1.54 bits per heavy atom. The van der Waals surface area contributed by atoms with Crippen LogP contribution in [0.15, 0.2) is 12.7 Å². The molecule has 0 spiro atoms. The van der Waals surface area contributed by atoms with Crippen LogP contribution in [0.5, 0.6) is 0 Å². The molecule has 78 valence electrons. The minimum atomic E-state index is -0.211. The zero-order valence-corrected chi connectivity index (χ0v) is 7.53. The standard InChI is InChI=1S/C7H13NO3.H4N2/c1-2-7(10)8-3-5-11-6-4-9;1-2/h2,9H,1,3-6H2,(H,8,10);1-2H2. The maximum atomic E-state index is 10.5. The third-order valence-electron chi connectivity index (χ3n) is 0.967. The lowest BCUT2D eigenvalue weighted by molar-refractivity contribution is -0.116. The predicted molar refractivity (Wildman–Crippen MR) is 49.5 cm³/mol. The molecule has 0 bridgehead atoms. The number of aliphatic hydroxyl groups is 1. The third kappa shape index (κ3) is 14.0. The van der Waals surface area contributed by atoms with Gasteiger partial charge in [-0.1, -0.05) is 6.58 Å². The van der Waals surface area contributed by atoms with Crippen LogP contribution in [-0.4, -0.2) is 37.4 Å². The molecule has 0 rings (SSSR count). The summed E-state index contributed by atoms with van der Waals surface area (Å²) in [5, 5.41) is 10.8. The van der Waals surface area contributed by atoms with E-state index in [9.17, 15) is 4.79 Å². The van der Waals surface area contributed by atoms with E-state index in [0.717, 1.165) is 0 Å². The number of rotatable bonds is 6. The summed E-state index contributed by atoms with van der Waals surface area (Å²) >= 11 is 0. The second kappa shape index (κ2) is 13.6. The highest BCUT2D eigenvalue weighted by atomic mass is 16.5. The number of hydrogen-bond donors (Lipinski definition) is 4. The fourth-order valence-electron chi connectivity index (χ4n) is 0.485. The van der Waals surface area contributed by atoms with Gasteiger partial charge in [0.25, 0.3) is 0 Å². The molecule has 0 radical (unpaired) electrons. The summed E-state index contributed by atoms with van der Waals surface area (Å²) in [5.74, 6) is 7.79. The average molecular weight is 191 g/mol. The van der Waals surface area contributed by atoms with Gasteiger partial charge in [-0.25, -0.2) is 0 Å². The largest absolute Gasteiger partial charge is 0.394 e. The van der Waals surface area contributed by atoms with Crippen molar-refractivity contribution in [2.75, 3.05) is 26.4 Å². The SMILES string of the molecule is C=CC(=O)NCCOCCO.NN. The first-order valence-corrected chi connectivity index (χ1v) is 3.73. The van der Waals surface area contributed by atoms with Crippen molar-refractivity contribution >= 4 is 5.91 Å². The molecule has 0 fully saturated rings. The summed E-state index contributed by atoms with van der Waals surface area (Å²) in [7, 11) is 0. The minimum Gasteiger partial charge on any atom is -0.394 e. The van der Waals surface area contributed by atoms with E-state index in [0.29, 0.717) is 19.8 Å². The summed E-state index contributed by atoms with van der Waals surface area (Å²) in [4.78, 5) is 10.5. The topological polar surface area (TPSA) is 111 Å². The first kappa shape index (κ1) is 14.6. The zero-order chi connectivity index (χ0) is 10.5. The van der Waals surface area contributed by atoms with Crippen molar-refractivity contribution < 1.29 is 14.6 Å². The maximum absolute atomic E-state index is 10.5. The van der Waals surface area contributed by atoms with Gasteiger partial charge in [-0.15, -0.1) is 0 Å². The van der Waals surface area contributed by atoms with Crippen LogP contribution in [0.3, 0.4) is 0 Å². The van der Waals surface area contributed by atoms with E-state index in [4.69, 9.17) is 9.84 Å². The van der Waals surface area contributed by atoms with Crippen molar-refractivity contribution in [2.45, 2.75) is 0 Å². The van der Waals surface area contributed by atoms with E-state index in [1.54, 1.807) is 0 Å². The average Bonchev–Trinajstić information content (AvgIpc) is 2.20. The van der Waals surface area contributed by atoms with Crippen molar-refractivity contribution in [3.63, 3.8) is 0 Å². The normalized spacial score (nSPS) is 8.23. The second-order valence-electron chi connectivity index (χ2n) is 1.83. The number of aliphatic hydroxyl groups excluding tert-OH is 1. The lowest BCUT2D eigenvalue weighted by atomic mass is 10.5. The van der Waals surface area contributed by atoms with Crippen molar-refractivity contribution in [2.24, 2.45) is 11.7 Å². The highest BCUT2D eigenvalue weighted by molar-refractivity contribution is 5.86. The summed E-state index contributed by atoms with van der Waals surface area (Å²) in [6.45, 7) is 4.47. The quantitative estimate of drug-likeness (QED) is 0.170. The Balaban J connectivity index is 0. The van der Waals surface area contributed by atoms with Gasteiger partial charge in [0, 0.05) is 6.54 Å². The number of carbonyl (C=O) groups is 1. The van der Waals surface area contributed by atoms with Crippen LogP contribution in [0.25, 0.3) is 0 Å². The van der Waals surface area contributed by atoms with Gasteiger partial charge in [0.15, 0.2) is 0 Å². The molecule has 0 unspecified atom stereocenters. The minimum absolute atomic E-state index is 0.00933. The highest BCUT2D eigenvalue weighted by Gasteiger charge is 1.91. The fraction of sp³-hybridized carbons (Fsp3) is 0.571. The molecule has 0 aliphatic rings. The van der Waals surface area contributed by atoms with E-state index in [2.05, 4.69) is 23.6 Å². The van der Waals surface area contributed by atoms with E-state index < -0.39 is 0 Å². The summed E-state index contributed by atoms with van der Waals surface area (Å²) < 4.78 is 4.88. The zero-order valence-electron chi connectivity index (χ0n) is 7.53. The Labute approximate surface area is 77.5 Å². The molecule has 0 aliphatic heterocycles. The van der Waals surface area contributed by atoms with Gasteiger partial charge in [0.05, 0.1) is 19.8 Å². The van der Waals surface area contributed by atoms with Crippen molar-refractivity contribution in [1.82, 2.24) is 5.32 Å². The third-order valence-corrected chi connectivity index (χ3v) is 0.967. The van der Waals surface area contributed by atoms with E-state index in [-0.39, 0.29) is 12.5 Å². The Kier molecular flexibility index (Phi) is 15.3.